The van der Waals surface area contributed by atoms with Gasteiger partial charge in [0.2, 0.25) is 0 Å². The second-order valence-corrected chi connectivity index (χ2v) is 3.54. The highest BCUT2D eigenvalue weighted by Gasteiger charge is 2.38. The van der Waals surface area contributed by atoms with Crippen LogP contribution in [-0.4, -0.2) is 23.2 Å². The summed E-state index contributed by atoms with van der Waals surface area (Å²) in [6.45, 7) is 0. The fraction of sp³-hybridized carbons (Fsp3) is 0.273. The van der Waals surface area contributed by atoms with E-state index >= 15 is 0 Å². The number of benzene rings is 1. The molecule has 0 saturated carbocycles. The zero-order valence-electron chi connectivity index (χ0n) is 9.12. The van der Waals surface area contributed by atoms with Crippen LogP contribution in [0.1, 0.15) is 12.0 Å². The van der Waals surface area contributed by atoms with Crippen LogP contribution in [0.2, 0.25) is 0 Å². The van der Waals surface area contributed by atoms with Gasteiger partial charge in [0, 0.05) is 12.1 Å². The Morgan fingerprint density at radius 2 is 1.72 bits per heavy atom. The highest BCUT2D eigenvalue weighted by atomic mass is 19.4. The number of carbonyl (C=O) groups is 2. The van der Waals surface area contributed by atoms with Crippen molar-refractivity contribution in [1.82, 2.24) is 0 Å². The molecule has 0 heterocycles. The first-order valence-corrected chi connectivity index (χ1v) is 4.98. The van der Waals surface area contributed by atoms with Crippen LogP contribution in [0, 0.1) is 0 Å². The molecule has 18 heavy (non-hydrogen) atoms. The minimum Gasteiger partial charge on any atom is -0.481 e. The molecule has 0 aliphatic heterocycles. The summed E-state index contributed by atoms with van der Waals surface area (Å²) in [6, 6.07) is 5.52. The Morgan fingerprint density at radius 3 is 2.17 bits per heavy atom. The second-order valence-electron chi connectivity index (χ2n) is 3.54. The van der Waals surface area contributed by atoms with Gasteiger partial charge in [0.15, 0.2) is 0 Å². The van der Waals surface area contributed by atoms with Crippen molar-refractivity contribution in [2.24, 2.45) is 0 Å². The Hall–Kier alpha value is -2.05. The first kappa shape index (κ1) is 14.0. The molecule has 0 bridgehead atoms. The maximum atomic E-state index is 11.9. The number of hydrogen-bond acceptors (Lipinski definition) is 2. The van der Waals surface area contributed by atoms with Gasteiger partial charge in [-0.1, -0.05) is 12.1 Å². The normalized spacial score (nSPS) is 11.1. The number of carbonyl (C=O) groups excluding carboxylic acids is 1. The van der Waals surface area contributed by atoms with E-state index in [0.29, 0.717) is 5.56 Å². The number of alkyl halides is 3. The van der Waals surface area contributed by atoms with Crippen molar-refractivity contribution in [3.05, 3.63) is 29.8 Å². The predicted octanol–water partition coefficient (Wildman–Crippen LogP) is 2.20. The molecule has 0 saturated heterocycles. The van der Waals surface area contributed by atoms with E-state index in [4.69, 9.17) is 5.11 Å². The van der Waals surface area contributed by atoms with E-state index in [1.807, 2.05) is 0 Å². The molecule has 0 unspecified atom stereocenters. The van der Waals surface area contributed by atoms with Crippen molar-refractivity contribution in [3.63, 3.8) is 0 Å². The summed E-state index contributed by atoms with van der Waals surface area (Å²) in [5.41, 5.74) is 0.679. The van der Waals surface area contributed by atoms with Gasteiger partial charge in [0.05, 0.1) is 0 Å². The molecule has 98 valence electrons. The monoisotopic (exact) mass is 261 g/mol. The highest BCUT2D eigenvalue weighted by Crippen LogP contribution is 2.18. The molecule has 0 atom stereocenters. The largest absolute Gasteiger partial charge is 0.481 e. The highest BCUT2D eigenvalue weighted by molar-refractivity contribution is 5.94. The van der Waals surface area contributed by atoms with Gasteiger partial charge < -0.3 is 10.4 Å². The van der Waals surface area contributed by atoms with Crippen LogP contribution < -0.4 is 5.32 Å². The first-order chi connectivity index (χ1) is 8.29. The Morgan fingerprint density at radius 1 is 1.17 bits per heavy atom. The zero-order chi connectivity index (χ0) is 13.8. The van der Waals surface area contributed by atoms with Crippen molar-refractivity contribution in [1.29, 1.82) is 0 Å². The molecule has 1 amide bonds. The van der Waals surface area contributed by atoms with Crippen LogP contribution in [0.3, 0.4) is 0 Å². The van der Waals surface area contributed by atoms with E-state index in [1.54, 1.807) is 5.32 Å². The molecule has 0 aliphatic rings. The van der Waals surface area contributed by atoms with Gasteiger partial charge in [0.25, 0.3) is 0 Å². The predicted molar refractivity (Wildman–Crippen MR) is 57.1 cm³/mol. The summed E-state index contributed by atoms with van der Waals surface area (Å²) in [4.78, 5) is 20.9. The number of halogens is 3. The number of aliphatic carboxylic acids is 1. The van der Waals surface area contributed by atoms with Crippen LogP contribution in [0.25, 0.3) is 0 Å². The number of amides is 1. The van der Waals surface area contributed by atoms with E-state index in [0.717, 1.165) is 0 Å². The minimum atomic E-state index is -4.93. The molecular weight excluding hydrogens is 251 g/mol. The lowest BCUT2D eigenvalue weighted by Gasteiger charge is -2.08. The van der Waals surface area contributed by atoms with Crippen molar-refractivity contribution in [3.8, 4) is 0 Å². The SMILES string of the molecule is O=C(O)CCc1ccc(NC(=O)C(F)(F)F)cc1. The van der Waals surface area contributed by atoms with E-state index in [1.165, 1.54) is 24.3 Å². The fourth-order valence-electron chi connectivity index (χ4n) is 1.21. The van der Waals surface area contributed by atoms with Crippen LogP contribution in [0.15, 0.2) is 24.3 Å². The third kappa shape index (κ3) is 4.44. The molecule has 0 spiro atoms. The summed E-state index contributed by atoms with van der Waals surface area (Å²) < 4.78 is 35.8. The lowest BCUT2D eigenvalue weighted by Crippen LogP contribution is -2.29. The summed E-state index contributed by atoms with van der Waals surface area (Å²) in [6.07, 6.45) is -4.71. The van der Waals surface area contributed by atoms with Gasteiger partial charge in [-0.2, -0.15) is 13.2 Å². The second kappa shape index (κ2) is 5.52. The Bertz CT molecular complexity index is 440. The number of anilines is 1. The molecule has 0 aliphatic carbocycles. The minimum absolute atomic E-state index is 0.0106. The average molecular weight is 261 g/mol. The van der Waals surface area contributed by atoms with E-state index in [9.17, 15) is 22.8 Å². The molecular formula is C11H10F3NO3. The quantitative estimate of drug-likeness (QED) is 0.873. The fourth-order valence-corrected chi connectivity index (χ4v) is 1.21. The Labute approximate surface area is 100 Å². The first-order valence-electron chi connectivity index (χ1n) is 4.98. The van der Waals surface area contributed by atoms with E-state index in [-0.39, 0.29) is 18.5 Å². The van der Waals surface area contributed by atoms with E-state index < -0.39 is 18.1 Å². The van der Waals surface area contributed by atoms with Gasteiger partial charge in [-0.25, -0.2) is 0 Å². The third-order valence-corrected chi connectivity index (χ3v) is 2.10. The number of hydrogen-bond donors (Lipinski definition) is 2. The molecule has 1 aromatic rings. The summed E-state index contributed by atoms with van der Waals surface area (Å²) >= 11 is 0. The average Bonchev–Trinajstić information content (AvgIpc) is 2.26. The number of aryl methyl sites for hydroxylation is 1. The van der Waals surface area contributed by atoms with Crippen molar-refractivity contribution in [2.45, 2.75) is 19.0 Å². The summed E-state index contributed by atoms with van der Waals surface area (Å²) in [5.74, 6) is -3.00. The van der Waals surface area contributed by atoms with Crippen molar-refractivity contribution < 1.29 is 27.9 Å². The molecule has 0 aromatic heterocycles. The standard InChI is InChI=1S/C11H10F3NO3/c12-11(13,14)10(18)15-8-4-1-7(2-5-8)3-6-9(16)17/h1-2,4-5H,3,6H2,(H,15,18)(H,16,17). The van der Waals surface area contributed by atoms with E-state index in [2.05, 4.69) is 0 Å². The topological polar surface area (TPSA) is 66.4 Å². The Balaban J connectivity index is 2.60. The van der Waals surface area contributed by atoms with Crippen LogP contribution in [-0.2, 0) is 16.0 Å². The van der Waals surface area contributed by atoms with Crippen LogP contribution >= 0.6 is 0 Å². The zero-order valence-corrected chi connectivity index (χ0v) is 9.12. The molecule has 1 aromatic carbocycles. The van der Waals surface area contributed by atoms with Gasteiger partial charge in [0.1, 0.15) is 0 Å². The molecule has 7 heteroatoms. The molecule has 4 nitrogen and oxygen atoms in total. The summed E-state index contributed by atoms with van der Waals surface area (Å²) in [7, 11) is 0. The van der Waals surface area contributed by atoms with Gasteiger partial charge >= 0.3 is 18.1 Å². The molecule has 0 fully saturated rings. The van der Waals surface area contributed by atoms with Crippen LogP contribution in [0.4, 0.5) is 18.9 Å². The molecule has 0 radical (unpaired) electrons. The van der Waals surface area contributed by atoms with Gasteiger partial charge in [-0.15, -0.1) is 0 Å². The number of carboxylic acids is 1. The maximum absolute atomic E-state index is 11.9. The Kier molecular flexibility index (Phi) is 4.30. The number of rotatable bonds is 4. The number of nitrogens with one attached hydrogen (secondary N) is 1. The van der Waals surface area contributed by atoms with Crippen LogP contribution in [0.5, 0.6) is 0 Å². The lowest BCUT2D eigenvalue weighted by atomic mass is 10.1. The summed E-state index contributed by atoms with van der Waals surface area (Å²) in [5, 5.41) is 10.1. The molecule has 1 rings (SSSR count). The smallest absolute Gasteiger partial charge is 0.471 e. The third-order valence-electron chi connectivity index (χ3n) is 2.10. The van der Waals surface area contributed by atoms with Gasteiger partial charge in [-0.3, -0.25) is 9.59 Å². The van der Waals surface area contributed by atoms with Crippen molar-refractivity contribution >= 4 is 17.6 Å². The molecule has 2 N–H and O–H groups in total. The van der Waals surface area contributed by atoms with Crippen molar-refractivity contribution in [2.75, 3.05) is 5.32 Å². The van der Waals surface area contributed by atoms with Gasteiger partial charge in [-0.05, 0) is 24.1 Å². The lowest BCUT2D eigenvalue weighted by molar-refractivity contribution is -0.167. The number of carboxylic acid groups (broad SMARTS) is 1. The maximum Gasteiger partial charge on any atom is 0.471 e.